The second-order valence-electron chi connectivity index (χ2n) is 4.56. The Morgan fingerprint density at radius 3 is 2.74 bits per heavy atom. The zero-order valence-corrected chi connectivity index (χ0v) is 10.5. The molecule has 0 aliphatic carbocycles. The van der Waals surface area contributed by atoms with E-state index < -0.39 is 11.6 Å². The van der Waals surface area contributed by atoms with Crippen molar-refractivity contribution in [2.45, 2.75) is 25.3 Å². The molecule has 19 heavy (non-hydrogen) atoms. The molecule has 1 heterocycles. The molecule has 4 heteroatoms. The molecule has 0 fully saturated rings. The fourth-order valence-corrected chi connectivity index (χ4v) is 1.96. The van der Waals surface area contributed by atoms with E-state index >= 15 is 0 Å². The van der Waals surface area contributed by atoms with Gasteiger partial charge in [-0.25, -0.2) is 8.78 Å². The minimum Gasteiger partial charge on any atom is -0.327 e. The SMILES string of the molecule is NC(CCc1ccccn1)Cc1cc(F)ccc1F. The summed E-state index contributed by atoms with van der Waals surface area (Å²) in [6.07, 6.45) is 3.48. The normalized spacial score (nSPS) is 12.4. The van der Waals surface area contributed by atoms with E-state index in [0.717, 1.165) is 24.2 Å². The van der Waals surface area contributed by atoms with Gasteiger partial charge < -0.3 is 5.73 Å². The summed E-state index contributed by atoms with van der Waals surface area (Å²) in [5, 5.41) is 0. The van der Waals surface area contributed by atoms with Crippen molar-refractivity contribution in [3.05, 3.63) is 65.5 Å². The third-order valence-corrected chi connectivity index (χ3v) is 2.99. The number of aromatic nitrogens is 1. The Morgan fingerprint density at radius 2 is 2.00 bits per heavy atom. The Labute approximate surface area is 111 Å². The van der Waals surface area contributed by atoms with E-state index in [9.17, 15) is 8.78 Å². The fourth-order valence-electron chi connectivity index (χ4n) is 1.96. The number of aryl methyl sites for hydroxylation is 1. The molecule has 2 N–H and O–H groups in total. The van der Waals surface area contributed by atoms with Crippen LogP contribution in [0.4, 0.5) is 8.78 Å². The molecular formula is C15H16F2N2. The average molecular weight is 262 g/mol. The van der Waals surface area contributed by atoms with Gasteiger partial charge in [-0.2, -0.15) is 0 Å². The number of benzene rings is 1. The van der Waals surface area contributed by atoms with Crippen LogP contribution in [0.25, 0.3) is 0 Å². The first kappa shape index (κ1) is 13.6. The maximum atomic E-state index is 13.5. The highest BCUT2D eigenvalue weighted by atomic mass is 19.1. The van der Waals surface area contributed by atoms with Gasteiger partial charge in [-0.3, -0.25) is 4.98 Å². The molecule has 2 rings (SSSR count). The molecule has 0 radical (unpaired) electrons. The van der Waals surface area contributed by atoms with Crippen molar-refractivity contribution in [1.29, 1.82) is 0 Å². The highest BCUT2D eigenvalue weighted by molar-refractivity contribution is 5.19. The highest BCUT2D eigenvalue weighted by Gasteiger charge is 2.10. The zero-order valence-electron chi connectivity index (χ0n) is 10.5. The predicted molar refractivity (Wildman–Crippen MR) is 70.6 cm³/mol. The van der Waals surface area contributed by atoms with Crippen LogP contribution in [0.3, 0.4) is 0 Å². The van der Waals surface area contributed by atoms with E-state index in [1.54, 1.807) is 6.20 Å². The minimum atomic E-state index is -0.437. The fraction of sp³-hybridized carbons (Fsp3) is 0.267. The van der Waals surface area contributed by atoms with Crippen molar-refractivity contribution >= 4 is 0 Å². The number of nitrogens with zero attached hydrogens (tertiary/aromatic N) is 1. The van der Waals surface area contributed by atoms with Crippen LogP contribution in [0.1, 0.15) is 17.7 Å². The molecule has 0 aliphatic rings. The van der Waals surface area contributed by atoms with Gasteiger partial charge in [0, 0.05) is 17.9 Å². The third kappa shape index (κ3) is 4.10. The summed E-state index contributed by atoms with van der Waals surface area (Å²) in [4.78, 5) is 4.20. The van der Waals surface area contributed by atoms with Gasteiger partial charge in [-0.05, 0) is 55.2 Å². The molecule has 1 aromatic carbocycles. The van der Waals surface area contributed by atoms with Gasteiger partial charge in [-0.1, -0.05) is 6.07 Å². The average Bonchev–Trinajstić information content (AvgIpc) is 2.42. The maximum Gasteiger partial charge on any atom is 0.126 e. The molecule has 0 amide bonds. The molecular weight excluding hydrogens is 246 g/mol. The van der Waals surface area contributed by atoms with E-state index in [1.165, 1.54) is 6.07 Å². The molecule has 0 aliphatic heterocycles. The van der Waals surface area contributed by atoms with Crippen molar-refractivity contribution in [3.8, 4) is 0 Å². The van der Waals surface area contributed by atoms with Crippen LogP contribution in [-0.4, -0.2) is 11.0 Å². The van der Waals surface area contributed by atoms with Gasteiger partial charge >= 0.3 is 0 Å². The number of pyridine rings is 1. The molecule has 1 unspecified atom stereocenters. The Balaban J connectivity index is 1.90. The number of rotatable bonds is 5. The first-order valence-corrected chi connectivity index (χ1v) is 6.24. The number of hydrogen-bond donors (Lipinski definition) is 1. The molecule has 0 bridgehead atoms. The quantitative estimate of drug-likeness (QED) is 0.900. The largest absolute Gasteiger partial charge is 0.327 e. The summed E-state index contributed by atoms with van der Waals surface area (Å²) >= 11 is 0. The van der Waals surface area contributed by atoms with E-state index in [2.05, 4.69) is 4.98 Å². The van der Waals surface area contributed by atoms with Gasteiger partial charge in [0.15, 0.2) is 0 Å². The topological polar surface area (TPSA) is 38.9 Å². The molecule has 2 aromatic rings. The van der Waals surface area contributed by atoms with Crippen LogP contribution in [0.5, 0.6) is 0 Å². The monoisotopic (exact) mass is 262 g/mol. The van der Waals surface area contributed by atoms with Crippen LogP contribution >= 0.6 is 0 Å². The molecule has 1 atom stereocenters. The molecule has 100 valence electrons. The van der Waals surface area contributed by atoms with Gasteiger partial charge in [0.05, 0.1) is 0 Å². The zero-order chi connectivity index (χ0) is 13.7. The van der Waals surface area contributed by atoms with Gasteiger partial charge in [0.2, 0.25) is 0 Å². The van der Waals surface area contributed by atoms with E-state index in [0.29, 0.717) is 18.4 Å². The predicted octanol–water partition coefficient (Wildman–Crippen LogP) is 2.86. The Kier molecular flexibility index (Phi) is 4.58. The molecule has 0 spiro atoms. The standard InChI is InChI=1S/C15H16F2N2/c16-12-4-7-15(17)11(9-12)10-13(18)5-6-14-3-1-2-8-19-14/h1-4,7-9,13H,5-6,10,18H2. The van der Waals surface area contributed by atoms with Crippen LogP contribution in [0, 0.1) is 11.6 Å². The maximum absolute atomic E-state index is 13.5. The summed E-state index contributed by atoms with van der Waals surface area (Å²) in [7, 11) is 0. The lowest BCUT2D eigenvalue weighted by Crippen LogP contribution is -2.24. The van der Waals surface area contributed by atoms with E-state index in [4.69, 9.17) is 5.73 Å². The Hall–Kier alpha value is -1.81. The van der Waals surface area contributed by atoms with Crippen molar-refractivity contribution in [2.24, 2.45) is 5.73 Å². The number of halogens is 2. The molecule has 1 aromatic heterocycles. The summed E-state index contributed by atoms with van der Waals surface area (Å²) < 4.78 is 26.5. The highest BCUT2D eigenvalue weighted by Crippen LogP contribution is 2.13. The second kappa shape index (κ2) is 6.38. The van der Waals surface area contributed by atoms with Crippen molar-refractivity contribution in [2.75, 3.05) is 0 Å². The molecule has 0 saturated heterocycles. The van der Waals surface area contributed by atoms with Gasteiger partial charge in [0.25, 0.3) is 0 Å². The lowest BCUT2D eigenvalue weighted by atomic mass is 10.0. The molecule has 2 nitrogen and oxygen atoms in total. The van der Waals surface area contributed by atoms with Crippen LogP contribution in [0.2, 0.25) is 0 Å². The summed E-state index contributed by atoms with van der Waals surface area (Å²) in [5.74, 6) is -0.844. The van der Waals surface area contributed by atoms with Crippen LogP contribution < -0.4 is 5.73 Å². The number of nitrogens with two attached hydrogens (primary N) is 1. The van der Waals surface area contributed by atoms with Crippen molar-refractivity contribution in [1.82, 2.24) is 4.98 Å². The molecule has 0 saturated carbocycles. The second-order valence-corrected chi connectivity index (χ2v) is 4.56. The first-order chi connectivity index (χ1) is 9.15. The van der Waals surface area contributed by atoms with Gasteiger partial charge in [0.1, 0.15) is 11.6 Å². The number of hydrogen-bond acceptors (Lipinski definition) is 2. The minimum absolute atomic E-state index is 0.210. The first-order valence-electron chi connectivity index (χ1n) is 6.24. The smallest absolute Gasteiger partial charge is 0.126 e. The third-order valence-electron chi connectivity index (χ3n) is 2.99. The lowest BCUT2D eigenvalue weighted by molar-refractivity contribution is 0.552. The van der Waals surface area contributed by atoms with Crippen molar-refractivity contribution < 1.29 is 8.78 Å². The summed E-state index contributed by atoms with van der Waals surface area (Å²) in [6, 6.07) is 8.93. The summed E-state index contributed by atoms with van der Waals surface area (Å²) in [6.45, 7) is 0. The van der Waals surface area contributed by atoms with E-state index in [-0.39, 0.29) is 6.04 Å². The summed E-state index contributed by atoms with van der Waals surface area (Å²) in [5.41, 5.74) is 7.24. The Bertz CT molecular complexity index is 529. The van der Waals surface area contributed by atoms with Crippen molar-refractivity contribution in [3.63, 3.8) is 0 Å². The Morgan fingerprint density at radius 1 is 1.16 bits per heavy atom. The van der Waals surface area contributed by atoms with E-state index in [1.807, 2.05) is 18.2 Å². The lowest BCUT2D eigenvalue weighted by Gasteiger charge is -2.12. The van der Waals surface area contributed by atoms with Gasteiger partial charge in [-0.15, -0.1) is 0 Å². The van der Waals surface area contributed by atoms with Crippen LogP contribution in [-0.2, 0) is 12.8 Å². The van der Waals surface area contributed by atoms with Crippen LogP contribution in [0.15, 0.2) is 42.6 Å².